The average Bonchev–Trinajstić information content (AvgIpc) is 2.85. The fourth-order valence-corrected chi connectivity index (χ4v) is 3.12. The van der Waals surface area contributed by atoms with Gasteiger partial charge in [0.2, 0.25) is 0 Å². The van der Waals surface area contributed by atoms with Crippen molar-refractivity contribution in [3.63, 3.8) is 0 Å². The van der Waals surface area contributed by atoms with Crippen LogP contribution in [0, 0.1) is 5.41 Å². The molecule has 0 bridgehead atoms. The van der Waals surface area contributed by atoms with Gasteiger partial charge in [0.05, 0.1) is 4.91 Å². The Morgan fingerprint density at radius 1 is 1.08 bits per heavy atom. The van der Waals surface area contributed by atoms with Crippen molar-refractivity contribution in [3.8, 4) is 11.5 Å². The Hall–Kier alpha value is -2.53. The van der Waals surface area contributed by atoms with E-state index in [0.29, 0.717) is 10.7 Å². The second-order valence-electron chi connectivity index (χ2n) is 6.85. The lowest BCUT2D eigenvalue weighted by molar-refractivity contribution is 0.265. The topological polar surface area (TPSA) is 62.2 Å². The van der Waals surface area contributed by atoms with Gasteiger partial charge in [-0.05, 0) is 58.6 Å². The average molecular weight is 352 g/mol. The minimum atomic E-state index is -0.220. The highest BCUT2D eigenvalue weighted by molar-refractivity contribution is 8.18. The Bertz CT molecular complexity index is 849. The van der Waals surface area contributed by atoms with Gasteiger partial charge in [0.25, 0.3) is 5.24 Å². The van der Waals surface area contributed by atoms with Crippen LogP contribution in [0.1, 0.15) is 31.9 Å². The monoisotopic (exact) mass is 352 g/mol. The number of benzene rings is 2. The number of amides is 1. The predicted octanol–water partition coefficient (Wildman–Crippen LogP) is 5.55. The number of ether oxygens (including phenoxy) is 1. The Balaban J connectivity index is 1.77. The first-order valence-electron chi connectivity index (χ1n) is 7.99. The van der Waals surface area contributed by atoms with Gasteiger partial charge in [-0.3, -0.25) is 10.2 Å². The zero-order valence-electron chi connectivity index (χ0n) is 14.4. The second-order valence-corrected chi connectivity index (χ2v) is 7.86. The molecule has 0 aliphatic carbocycles. The molecule has 1 amide bonds. The van der Waals surface area contributed by atoms with E-state index >= 15 is 0 Å². The first-order valence-corrected chi connectivity index (χ1v) is 8.81. The number of hydrogen-bond acceptors (Lipinski definition) is 4. The molecule has 1 aliphatic rings. The van der Waals surface area contributed by atoms with Crippen LogP contribution >= 0.6 is 11.8 Å². The van der Waals surface area contributed by atoms with E-state index in [4.69, 9.17) is 10.1 Å². The SMILES string of the molecule is CC(C)(C)c1ccc(Oc2cccc(C=C3SC(=O)NC3=N)c2)cc1. The normalized spacial score (nSPS) is 16.2. The molecular formula is C20H20N2O2S. The van der Waals surface area contributed by atoms with Gasteiger partial charge in [-0.2, -0.15) is 0 Å². The van der Waals surface area contributed by atoms with Crippen LogP contribution in [0.5, 0.6) is 11.5 Å². The Kier molecular flexibility index (Phi) is 4.68. The minimum absolute atomic E-state index is 0.111. The third kappa shape index (κ3) is 4.31. The van der Waals surface area contributed by atoms with Gasteiger partial charge in [-0.15, -0.1) is 0 Å². The zero-order valence-corrected chi connectivity index (χ0v) is 15.2. The lowest BCUT2D eigenvalue weighted by Gasteiger charge is -2.19. The summed E-state index contributed by atoms with van der Waals surface area (Å²) < 4.78 is 5.93. The summed E-state index contributed by atoms with van der Waals surface area (Å²) in [5.74, 6) is 1.63. The molecule has 1 heterocycles. The van der Waals surface area contributed by atoms with Crippen LogP contribution in [0.15, 0.2) is 53.4 Å². The molecule has 2 N–H and O–H groups in total. The fraction of sp³-hybridized carbons (Fsp3) is 0.200. The molecule has 0 radical (unpaired) electrons. The highest BCUT2D eigenvalue weighted by Gasteiger charge is 2.21. The molecular weight excluding hydrogens is 332 g/mol. The van der Waals surface area contributed by atoms with Crippen molar-refractivity contribution in [2.24, 2.45) is 0 Å². The van der Waals surface area contributed by atoms with Crippen molar-refractivity contribution in [3.05, 3.63) is 64.6 Å². The van der Waals surface area contributed by atoms with Gasteiger partial charge in [-0.25, -0.2) is 0 Å². The summed E-state index contributed by atoms with van der Waals surface area (Å²) in [7, 11) is 0. The lowest BCUT2D eigenvalue weighted by atomic mass is 9.87. The van der Waals surface area contributed by atoms with Crippen LogP contribution in [0.2, 0.25) is 0 Å². The predicted molar refractivity (Wildman–Crippen MR) is 103 cm³/mol. The lowest BCUT2D eigenvalue weighted by Crippen LogP contribution is -2.17. The van der Waals surface area contributed by atoms with Gasteiger partial charge in [0.1, 0.15) is 17.3 Å². The zero-order chi connectivity index (χ0) is 18.0. The van der Waals surface area contributed by atoms with Crippen molar-refractivity contribution in [1.82, 2.24) is 5.32 Å². The summed E-state index contributed by atoms with van der Waals surface area (Å²) in [6.45, 7) is 6.54. The van der Waals surface area contributed by atoms with Crippen molar-refractivity contribution in [2.75, 3.05) is 0 Å². The molecule has 1 saturated heterocycles. The fourth-order valence-electron chi connectivity index (χ4n) is 2.42. The van der Waals surface area contributed by atoms with Gasteiger partial charge in [0.15, 0.2) is 0 Å². The minimum Gasteiger partial charge on any atom is -0.457 e. The van der Waals surface area contributed by atoms with E-state index in [1.54, 1.807) is 6.08 Å². The van der Waals surface area contributed by atoms with Gasteiger partial charge in [0, 0.05) is 0 Å². The molecule has 0 atom stereocenters. The molecule has 0 aromatic heterocycles. The molecule has 3 rings (SSSR count). The molecule has 4 nitrogen and oxygen atoms in total. The van der Waals surface area contributed by atoms with Crippen LogP contribution in [0.4, 0.5) is 4.79 Å². The molecule has 2 aromatic carbocycles. The Morgan fingerprint density at radius 2 is 1.80 bits per heavy atom. The summed E-state index contributed by atoms with van der Waals surface area (Å²) >= 11 is 1.03. The van der Waals surface area contributed by atoms with E-state index in [-0.39, 0.29) is 16.5 Å². The van der Waals surface area contributed by atoms with Crippen LogP contribution in [-0.4, -0.2) is 11.1 Å². The van der Waals surface area contributed by atoms with E-state index < -0.39 is 0 Å². The van der Waals surface area contributed by atoms with E-state index in [1.807, 2.05) is 36.4 Å². The molecule has 0 saturated carbocycles. The Labute approximate surface area is 151 Å². The third-order valence-electron chi connectivity index (χ3n) is 3.79. The third-order valence-corrected chi connectivity index (χ3v) is 4.62. The summed E-state index contributed by atoms with van der Waals surface area (Å²) in [5.41, 5.74) is 2.25. The summed E-state index contributed by atoms with van der Waals surface area (Å²) in [6.07, 6.45) is 1.81. The summed E-state index contributed by atoms with van der Waals surface area (Å²) in [6, 6.07) is 15.7. The maximum atomic E-state index is 11.3. The molecule has 25 heavy (non-hydrogen) atoms. The van der Waals surface area contributed by atoms with Crippen molar-refractivity contribution < 1.29 is 9.53 Å². The first-order chi connectivity index (χ1) is 11.8. The van der Waals surface area contributed by atoms with Crippen molar-refractivity contribution >= 4 is 28.9 Å². The van der Waals surface area contributed by atoms with E-state index in [1.165, 1.54) is 5.56 Å². The first kappa shape index (κ1) is 17.3. The van der Waals surface area contributed by atoms with E-state index in [0.717, 1.165) is 23.1 Å². The van der Waals surface area contributed by atoms with Gasteiger partial charge < -0.3 is 10.1 Å². The van der Waals surface area contributed by atoms with E-state index in [9.17, 15) is 4.79 Å². The van der Waals surface area contributed by atoms with Crippen LogP contribution in [-0.2, 0) is 5.41 Å². The van der Waals surface area contributed by atoms with Gasteiger partial charge in [-0.1, -0.05) is 45.0 Å². The van der Waals surface area contributed by atoms with Crippen LogP contribution in [0.3, 0.4) is 0 Å². The van der Waals surface area contributed by atoms with Gasteiger partial charge >= 0.3 is 0 Å². The standard InChI is InChI=1S/C20H20N2O2S/c1-20(2,3)14-7-9-15(10-8-14)24-16-6-4-5-13(11-16)12-17-18(21)22-19(23)25-17/h4-12H,1-3H3,(H2,21,22,23). The molecule has 5 heteroatoms. The number of rotatable bonds is 3. The van der Waals surface area contributed by atoms with Crippen molar-refractivity contribution in [1.29, 1.82) is 5.41 Å². The smallest absolute Gasteiger partial charge is 0.289 e. The molecule has 1 aliphatic heterocycles. The van der Waals surface area contributed by atoms with Crippen LogP contribution < -0.4 is 10.1 Å². The second kappa shape index (κ2) is 6.76. The van der Waals surface area contributed by atoms with Crippen LogP contribution in [0.25, 0.3) is 6.08 Å². The molecule has 2 aromatic rings. The molecule has 0 spiro atoms. The summed E-state index contributed by atoms with van der Waals surface area (Å²) in [5, 5.41) is 9.98. The number of carbonyl (C=O) groups is 1. The number of nitrogens with one attached hydrogen (secondary N) is 2. The number of thioether (sulfide) groups is 1. The maximum absolute atomic E-state index is 11.3. The quantitative estimate of drug-likeness (QED) is 0.761. The molecule has 128 valence electrons. The van der Waals surface area contributed by atoms with Crippen molar-refractivity contribution in [2.45, 2.75) is 26.2 Å². The van der Waals surface area contributed by atoms with E-state index in [2.05, 4.69) is 38.2 Å². The highest BCUT2D eigenvalue weighted by atomic mass is 32.2. The maximum Gasteiger partial charge on any atom is 0.289 e. The highest BCUT2D eigenvalue weighted by Crippen LogP contribution is 2.29. The summed E-state index contributed by atoms with van der Waals surface area (Å²) in [4.78, 5) is 11.9. The Morgan fingerprint density at radius 3 is 2.40 bits per heavy atom. The molecule has 0 unspecified atom stereocenters. The largest absolute Gasteiger partial charge is 0.457 e. The number of amidine groups is 1. The molecule has 1 fully saturated rings. The number of hydrogen-bond donors (Lipinski definition) is 2. The number of carbonyl (C=O) groups excluding carboxylic acids is 1.